The second-order valence-corrected chi connectivity index (χ2v) is 24.3. The molecule has 330 valence electrons. The van der Waals surface area contributed by atoms with E-state index in [-0.39, 0.29) is 13.4 Å². The summed E-state index contributed by atoms with van der Waals surface area (Å²) in [4.78, 5) is 13.8. The highest BCUT2D eigenvalue weighted by Gasteiger charge is 2.45. The molecule has 0 radical (unpaired) electrons. The first-order valence-electron chi connectivity index (χ1n) is 25.7. The number of benzene rings is 8. The molecule has 1 unspecified atom stereocenters. The number of anilines is 6. The van der Waals surface area contributed by atoms with Crippen molar-refractivity contribution in [2.45, 2.75) is 83.3 Å². The van der Waals surface area contributed by atoms with Gasteiger partial charge in [0.1, 0.15) is 0 Å². The first kappa shape index (κ1) is 39.0. The van der Waals surface area contributed by atoms with Gasteiger partial charge in [0.15, 0.2) is 0 Å². The van der Waals surface area contributed by atoms with Gasteiger partial charge in [-0.2, -0.15) is 0 Å². The molecule has 0 amide bonds. The third-order valence-corrected chi connectivity index (χ3v) is 20.9. The molecule has 1 aliphatic carbocycles. The van der Waals surface area contributed by atoms with E-state index in [2.05, 4.69) is 160 Å². The van der Waals surface area contributed by atoms with Crippen molar-refractivity contribution >= 4 is 135 Å². The van der Waals surface area contributed by atoms with Crippen LogP contribution in [-0.2, 0) is 25.7 Å². The lowest BCUT2D eigenvalue weighted by atomic mass is 9.34. The quantitative estimate of drug-likeness (QED) is 0.159. The van der Waals surface area contributed by atoms with Crippen molar-refractivity contribution in [3.05, 3.63) is 167 Å². The summed E-state index contributed by atoms with van der Waals surface area (Å²) in [6.07, 6.45) is 10.7. The number of hydrogen-bond donors (Lipinski definition) is 0. The van der Waals surface area contributed by atoms with Gasteiger partial charge in [-0.15, -0.1) is 11.3 Å². The van der Waals surface area contributed by atoms with E-state index >= 15 is 0 Å². The maximum Gasteiger partial charge on any atom is 0.249 e. The number of aryl methyl sites for hydroxylation is 4. The third kappa shape index (κ3) is 5.41. The molecule has 1 atom stereocenters. The van der Waals surface area contributed by atoms with Gasteiger partial charge < -0.3 is 14.7 Å². The van der Waals surface area contributed by atoms with Crippen LogP contribution in [0.3, 0.4) is 0 Å². The number of thiophene rings is 1. The molecule has 17 rings (SSSR count). The maximum atomic E-state index is 2.74. The molecule has 7 aliphatic heterocycles. The van der Waals surface area contributed by atoms with Crippen LogP contribution in [0.15, 0.2) is 153 Å². The summed E-state index contributed by atoms with van der Waals surface area (Å²) in [5, 5.41) is 2.85. The van der Waals surface area contributed by atoms with Gasteiger partial charge in [0.2, 0.25) is 13.4 Å². The largest absolute Gasteiger partial charge is 0.342 e. The molecule has 0 N–H and O–H groups in total. The molecular formula is C61H47B2N3S3. The van der Waals surface area contributed by atoms with Crippen LogP contribution in [-0.4, -0.2) is 33.1 Å². The Morgan fingerprint density at radius 2 is 1.00 bits per heavy atom. The predicted molar refractivity (Wildman–Crippen MR) is 296 cm³/mol. The van der Waals surface area contributed by atoms with Crippen LogP contribution in [0.25, 0.3) is 20.2 Å². The number of fused-ring (bicyclic) bond motifs is 13. The van der Waals surface area contributed by atoms with E-state index in [1.807, 2.05) is 23.1 Å². The summed E-state index contributed by atoms with van der Waals surface area (Å²) < 4.78 is 2.82. The molecule has 1 aromatic heterocycles. The SMILES string of the molecule is c1ccc2c(c1)CCCC2c1cc2c3c(c1)N1CCCc4cccc(c41)B3c1cc3c(cc1S2)sc1cc2c(cc13)B1c3cccc4c3N(CCC4)c3cc(N4CCCc5ccccc54)cc(c31)S2. The fourth-order valence-corrected chi connectivity index (χ4v) is 18.4. The molecule has 8 heterocycles. The lowest BCUT2D eigenvalue weighted by Gasteiger charge is -2.44. The second-order valence-electron chi connectivity index (χ2n) is 21.0. The van der Waals surface area contributed by atoms with E-state index in [1.165, 1.54) is 167 Å². The van der Waals surface area contributed by atoms with E-state index in [0.29, 0.717) is 5.92 Å². The fraction of sp³-hybridized carbons (Fsp3) is 0.213. The van der Waals surface area contributed by atoms with Gasteiger partial charge in [0, 0.05) is 88.7 Å². The monoisotopic (exact) mass is 939 g/mol. The van der Waals surface area contributed by atoms with Gasteiger partial charge in [0.25, 0.3) is 0 Å². The molecule has 0 bridgehead atoms. The normalized spacial score (nSPS) is 18.5. The first-order chi connectivity index (χ1) is 34.2. The maximum absolute atomic E-state index is 2.74. The van der Waals surface area contributed by atoms with Crippen molar-refractivity contribution in [1.29, 1.82) is 0 Å². The van der Waals surface area contributed by atoms with Crippen LogP contribution in [0.5, 0.6) is 0 Å². The molecule has 8 aromatic carbocycles. The minimum Gasteiger partial charge on any atom is -0.342 e. The Balaban J connectivity index is 0.854. The second kappa shape index (κ2) is 14.4. The highest BCUT2D eigenvalue weighted by Crippen LogP contribution is 2.49. The van der Waals surface area contributed by atoms with E-state index in [1.54, 1.807) is 11.1 Å². The molecule has 0 spiro atoms. The highest BCUT2D eigenvalue weighted by molar-refractivity contribution is 8.00. The Bertz CT molecular complexity index is 3540. The van der Waals surface area contributed by atoms with Gasteiger partial charge >= 0.3 is 0 Å². The van der Waals surface area contributed by atoms with Gasteiger partial charge in [-0.3, -0.25) is 0 Å². The van der Waals surface area contributed by atoms with Crippen LogP contribution in [0.1, 0.15) is 71.4 Å². The number of hydrogen-bond acceptors (Lipinski definition) is 6. The van der Waals surface area contributed by atoms with Crippen LogP contribution >= 0.6 is 34.9 Å². The number of rotatable bonds is 2. The average molecular weight is 940 g/mol. The molecule has 0 saturated carbocycles. The molecule has 69 heavy (non-hydrogen) atoms. The minimum atomic E-state index is 0.200. The van der Waals surface area contributed by atoms with Crippen molar-refractivity contribution in [3.8, 4) is 0 Å². The Kier molecular flexibility index (Phi) is 8.14. The molecule has 8 aliphatic rings. The fourth-order valence-electron chi connectivity index (χ4n) is 14.7. The predicted octanol–water partition coefficient (Wildman–Crippen LogP) is 11.4. The third-order valence-electron chi connectivity index (χ3n) is 17.5. The first-order valence-corrected chi connectivity index (χ1v) is 28.1. The Morgan fingerprint density at radius 1 is 0.435 bits per heavy atom. The van der Waals surface area contributed by atoms with Crippen LogP contribution < -0.4 is 47.5 Å². The molecule has 3 nitrogen and oxygen atoms in total. The summed E-state index contributed by atoms with van der Waals surface area (Å²) in [7, 11) is 0. The Morgan fingerprint density at radius 3 is 1.70 bits per heavy atom. The van der Waals surface area contributed by atoms with Crippen molar-refractivity contribution in [3.63, 3.8) is 0 Å². The van der Waals surface area contributed by atoms with E-state index < -0.39 is 0 Å². The zero-order chi connectivity index (χ0) is 44.6. The summed E-state index contributed by atoms with van der Waals surface area (Å²) in [6, 6.07) is 53.8. The van der Waals surface area contributed by atoms with E-state index in [4.69, 9.17) is 0 Å². The summed E-state index contributed by atoms with van der Waals surface area (Å²) in [5.41, 5.74) is 26.7. The Hall–Kier alpha value is -5.79. The topological polar surface area (TPSA) is 9.72 Å². The zero-order valence-electron chi connectivity index (χ0n) is 38.5. The molecular weight excluding hydrogens is 893 g/mol. The van der Waals surface area contributed by atoms with Crippen molar-refractivity contribution in [1.82, 2.24) is 0 Å². The molecule has 9 aromatic rings. The van der Waals surface area contributed by atoms with E-state index in [0.717, 1.165) is 38.9 Å². The lowest BCUT2D eigenvalue weighted by molar-refractivity contribution is 0.615. The Labute approximate surface area is 417 Å². The van der Waals surface area contributed by atoms with E-state index in [9.17, 15) is 0 Å². The smallest absolute Gasteiger partial charge is 0.249 e. The van der Waals surface area contributed by atoms with Gasteiger partial charge in [-0.05, 0) is 166 Å². The zero-order valence-corrected chi connectivity index (χ0v) is 40.9. The standard InChI is InChI=1S/C61H47B2N3S3/c1-3-19-41-35(11-1)13-5-20-42(41)39-27-50-58-56(28-39)68-54-33-52-43(31-47(54)62(58)45-21-6-14-37-17-9-25-65(50)60(37)45)44-32-48-55(34-53(44)67-52)69-57-30-40(64-24-8-16-36-12-2-4-23-49(36)64)29-51-59(57)63(48)46-22-7-15-38-18-10-26-66(51)61(38)46/h1-4,6-7,11-12,14-15,19,21-23,27-34,42H,5,8-10,13,16-18,20,24-26H2. The van der Waals surface area contributed by atoms with Crippen molar-refractivity contribution < 1.29 is 0 Å². The van der Waals surface area contributed by atoms with Crippen molar-refractivity contribution in [2.75, 3.05) is 34.3 Å². The molecule has 0 fully saturated rings. The van der Waals surface area contributed by atoms with Crippen molar-refractivity contribution in [2.24, 2.45) is 0 Å². The van der Waals surface area contributed by atoms with Crippen LogP contribution in [0.4, 0.5) is 34.1 Å². The number of para-hydroxylation sites is 3. The lowest BCUT2D eigenvalue weighted by Crippen LogP contribution is -2.61. The minimum absolute atomic E-state index is 0.200. The van der Waals surface area contributed by atoms with Crippen LogP contribution in [0.2, 0.25) is 0 Å². The van der Waals surface area contributed by atoms with Gasteiger partial charge in [-0.25, -0.2) is 0 Å². The highest BCUT2D eigenvalue weighted by atomic mass is 32.2. The number of nitrogens with zero attached hydrogens (tertiary/aromatic N) is 3. The van der Waals surface area contributed by atoms with Gasteiger partial charge in [0.05, 0.1) is 0 Å². The summed E-state index contributed by atoms with van der Waals surface area (Å²) in [6.45, 7) is 3.63. The van der Waals surface area contributed by atoms with Gasteiger partial charge in [-0.1, -0.05) is 125 Å². The molecule has 8 heteroatoms. The molecule has 0 saturated heterocycles. The van der Waals surface area contributed by atoms with Crippen LogP contribution in [0, 0.1) is 0 Å². The summed E-state index contributed by atoms with van der Waals surface area (Å²) >= 11 is 6.09. The average Bonchev–Trinajstić information content (AvgIpc) is 3.74. The summed E-state index contributed by atoms with van der Waals surface area (Å²) in [5.74, 6) is 0.441.